The van der Waals surface area contributed by atoms with E-state index in [9.17, 15) is 9.59 Å². The van der Waals surface area contributed by atoms with Gasteiger partial charge in [0, 0.05) is 19.2 Å². The first-order chi connectivity index (χ1) is 10.8. The van der Waals surface area contributed by atoms with Crippen molar-refractivity contribution in [3.05, 3.63) is 48.0 Å². The highest BCUT2D eigenvalue weighted by Gasteiger charge is 2.21. The Bertz CT molecular complexity index is 532. The average molecular weight is 319 g/mol. The fraction of sp³-hybridized carbons (Fsp3) is 0.444. The molecule has 0 fully saturated rings. The van der Waals surface area contributed by atoms with Crippen molar-refractivity contribution in [1.82, 2.24) is 4.90 Å². The largest absolute Gasteiger partial charge is 0.466 e. The predicted molar refractivity (Wildman–Crippen MR) is 88.9 cm³/mol. The van der Waals surface area contributed by atoms with Crippen LogP contribution in [0.3, 0.4) is 0 Å². The number of hydrogen-bond donors (Lipinski definition) is 0. The van der Waals surface area contributed by atoms with Crippen molar-refractivity contribution in [1.29, 1.82) is 0 Å². The minimum atomic E-state index is -0.548. The third-order valence-corrected chi connectivity index (χ3v) is 2.89. The summed E-state index contributed by atoms with van der Waals surface area (Å²) in [6.45, 7) is 6.42. The van der Waals surface area contributed by atoms with Gasteiger partial charge in [-0.25, -0.2) is 9.59 Å². The molecule has 0 aromatic heterocycles. The lowest BCUT2D eigenvalue weighted by Gasteiger charge is -2.27. The Morgan fingerprint density at radius 3 is 2.39 bits per heavy atom. The number of methoxy groups -OCH3 is 1. The molecule has 0 spiro atoms. The van der Waals surface area contributed by atoms with Crippen LogP contribution < -0.4 is 0 Å². The molecule has 0 saturated carbocycles. The Hall–Kier alpha value is -2.30. The van der Waals surface area contributed by atoms with Crippen LogP contribution in [0.15, 0.2) is 42.5 Å². The van der Waals surface area contributed by atoms with Gasteiger partial charge in [-0.2, -0.15) is 0 Å². The zero-order chi connectivity index (χ0) is 17.3. The van der Waals surface area contributed by atoms with Crippen LogP contribution in [0.1, 0.15) is 32.8 Å². The van der Waals surface area contributed by atoms with E-state index in [0.29, 0.717) is 19.5 Å². The van der Waals surface area contributed by atoms with Crippen molar-refractivity contribution < 1.29 is 19.1 Å². The number of nitrogens with zero attached hydrogens (tertiary/aromatic N) is 1. The monoisotopic (exact) mass is 319 g/mol. The molecule has 0 aliphatic carbocycles. The van der Waals surface area contributed by atoms with Crippen LogP contribution in [0, 0.1) is 0 Å². The van der Waals surface area contributed by atoms with E-state index in [2.05, 4.69) is 4.74 Å². The van der Waals surface area contributed by atoms with Gasteiger partial charge in [0.15, 0.2) is 0 Å². The third kappa shape index (κ3) is 8.04. The van der Waals surface area contributed by atoms with Gasteiger partial charge in [-0.3, -0.25) is 0 Å². The van der Waals surface area contributed by atoms with Crippen molar-refractivity contribution in [2.24, 2.45) is 0 Å². The average Bonchev–Trinajstić information content (AvgIpc) is 2.49. The molecule has 23 heavy (non-hydrogen) atoms. The molecule has 5 nitrogen and oxygen atoms in total. The normalized spacial score (nSPS) is 11.3. The van der Waals surface area contributed by atoms with Crippen molar-refractivity contribution in [2.75, 3.05) is 13.7 Å². The number of carbonyl (C=O) groups is 2. The van der Waals surface area contributed by atoms with Gasteiger partial charge in [0.1, 0.15) is 5.60 Å². The molecule has 0 saturated heterocycles. The van der Waals surface area contributed by atoms with Gasteiger partial charge in [-0.1, -0.05) is 36.4 Å². The van der Waals surface area contributed by atoms with Gasteiger partial charge in [-0.05, 0) is 32.8 Å². The first-order valence-electron chi connectivity index (χ1n) is 7.58. The summed E-state index contributed by atoms with van der Waals surface area (Å²) in [5.74, 6) is -0.406. The van der Waals surface area contributed by atoms with E-state index in [4.69, 9.17) is 4.74 Å². The molecule has 1 aromatic carbocycles. The number of esters is 1. The maximum Gasteiger partial charge on any atom is 0.410 e. The van der Waals surface area contributed by atoms with E-state index in [1.165, 1.54) is 13.2 Å². The molecule has 126 valence electrons. The lowest BCUT2D eigenvalue weighted by molar-refractivity contribution is -0.134. The first kappa shape index (κ1) is 18.7. The minimum absolute atomic E-state index is 0.368. The summed E-state index contributed by atoms with van der Waals surface area (Å²) in [7, 11) is 1.33. The Morgan fingerprint density at radius 2 is 1.83 bits per heavy atom. The summed E-state index contributed by atoms with van der Waals surface area (Å²) in [5, 5.41) is 0. The molecule has 0 aliphatic heterocycles. The van der Waals surface area contributed by atoms with Gasteiger partial charge in [0.25, 0.3) is 0 Å². The third-order valence-electron chi connectivity index (χ3n) is 2.89. The van der Waals surface area contributed by atoms with E-state index in [0.717, 1.165) is 5.56 Å². The van der Waals surface area contributed by atoms with Gasteiger partial charge < -0.3 is 14.4 Å². The van der Waals surface area contributed by atoms with Crippen molar-refractivity contribution >= 4 is 12.1 Å². The number of hydrogen-bond acceptors (Lipinski definition) is 4. The van der Waals surface area contributed by atoms with Crippen LogP contribution in [0.5, 0.6) is 0 Å². The smallest absolute Gasteiger partial charge is 0.410 e. The molecule has 0 heterocycles. The molecule has 0 N–H and O–H groups in total. The highest BCUT2D eigenvalue weighted by molar-refractivity contribution is 5.81. The fourth-order valence-electron chi connectivity index (χ4n) is 1.84. The second-order valence-electron chi connectivity index (χ2n) is 6.10. The Morgan fingerprint density at radius 1 is 1.17 bits per heavy atom. The van der Waals surface area contributed by atoms with Crippen LogP contribution in [-0.2, 0) is 20.8 Å². The minimum Gasteiger partial charge on any atom is -0.466 e. The molecule has 0 radical (unpaired) electrons. The summed E-state index contributed by atoms with van der Waals surface area (Å²) in [6, 6.07) is 9.71. The standard InChI is InChI=1S/C18H25NO4/c1-18(2,3)23-17(21)19(13-9-8-12-16(20)22-4)14-15-10-6-5-7-11-15/h5-8,10-12H,9,13-14H2,1-4H3/b12-8+. The van der Waals surface area contributed by atoms with Crippen molar-refractivity contribution in [3.63, 3.8) is 0 Å². The number of benzene rings is 1. The van der Waals surface area contributed by atoms with E-state index in [1.807, 2.05) is 51.1 Å². The van der Waals surface area contributed by atoms with Gasteiger partial charge >= 0.3 is 12.1 Å². The van der Waals surface area contributed by atoms with Crippen LogP contribution in [-0.4, -0.2) is 36.2 Å². The molecular formula is C18H25NO4. The highest BCUT2D eigenvalue weighted by Crippen LogP contribution is 2.13. The SMILES string of the molecule is COC(=O)/C=C/CCN(Cc1ccccc1)C(=O)OC(C)(C)C. The summed E-state index contributed by atoms with van der Waals surface area (Å²) >= 11 is 0. The molecule has 1 amide bonds. The van der Waals surface area contributed by atoms with E-state index in [1.54, 1.807) is 11.0 Å². The van der Waals surface area contributed by atoms with E-state index >= 15 is 0 Å². The number of ether oxygens (including phenoxy) is 2. The quantitative estimate of drug-likeness (QED) is 0.594. The van der Waals surface area contributed by atoms with Gasteiger partial charge in [0.2, 0.25) is 0 Å². The summed E-state index contributed by atoms with van der Waals surface area (Å²) in [6.07, 6.45) is 3.22. The Kier molecular flexibility index (Phi) is 7.32. The maximum absolute atomic E-state index is 12.3. The molecule has 0 atom stereocenters. The molecule has 5 heteroatoms. The topological polar surface area (TPSA) is 55.8 Å². The van der Waals surface area contributed by atoms with Gasteiger partial charge in [-0.15, -0.1) is 0 Å². The Balaban J connectivity index is 2.70. The number of amides is 1. The van der Waals surface area contributed by atoms with Gasteiger partial charge in [0.05, 0.1) is 7.11 Å². The first-order valence-corrected chi connectivity index (χ1v) is 7.58. The fourth-order valence-corrected chi connectivity index (χ4v) is 1.84. The molecule has 0 bridgehead atoms. The summed E-state index contributed by atoms with van der Waals surface area (Å²) in [5.41, 5.74) is 0.476. The second-order valence-corrected chi connectivity index (χ2v) is 6.10. The zero-order valence-electron chi connectivity index (χ0n) is 14.2. The summed E-state index contributed by atoms with van der Waals surface area (Å²) in [4.78, 5) is 25.0. The van der Waals surface area contributed by atoms with Crippen molar-refractivity contribution in [3.8, 4) is 0 Å². The molecule has 0 aliphatic rings. The Labute approximate surface area is 137 Å². The van der Waals surface area contributed by atoms with Crippen LogP contribution in [0.2, 0.25) is 0 Å². The lowest BCUT2D eigenvalue weighted by Crippen LogP contribution is -2.37. The van der Waals surface area contributed by atoms with Crippen molar-refractivity contribution in [2.45, 2.75) is 39.3 Å². The molecular weight excluding hydrogens is 294 g/mol. The zero-order valence-corrected chi connectivity index (χ0v) is 14.2. The molecule has 0 unspecified atom stereocenters. The lowest BCUT2D eigenvalue weighted by atomic mass is 10.2. The second kappa shape index (κ2) is 8.98. The number of carbonyl (C=O) groups excluding carboxylic acids is 2. The maximum atomic E-state index is 12.3. The molecule has 1 rings (SSSR count). The molecule has 1 aromatic rings. The number of rotatable bonds is 6. The van der Waals surface area contributed by atoms with E-state index in [-0.39, 0.29) is 6.09 Å². The van der Waals surface area contributed by atoms with Crippen LogP contribution in [0.4, 0.5) is 4.79 Å². The van der Waals surface area contributed by atoms with E-state index < -0.39 is 11.6 Å². The highest BCUT2D eigenvalue weighted by atomic mass is 16.6. The predicted octanol–water partition coefficient (Wildman–Crippen LogP) is 3.54. The van der Waals surface area contributed by atoms with Crippen LogP contribution >= 0.6 is 0 Å². The van der Waals surface area contributed by atoms with Crippen LogP contribution in [0.25, 0.3) is 0 Å². The summed E-state index contributed by atoms with van der Waals surface area (Å²) < 4.78 is 9.98.